The van der Waals surface area contributed by atoms with Gasteiger partial charge in [0.05, 0.1) is 12.8 Å². The van der Waals surface area contributed by atoms with E-state index in [9.17, 15) is 0 Å². The second kappa shape index (κ2) is 10.5. The molecule has 0 atom stereocenters. The summed E-state index contributed by atoms with van der Waals surface area (Å²) in [6.07, 6.45) is 1.26. The van der Waals surface area contributed by atoms with Gasteiger partial charge in [0, 0.05) is 59.4 Å². The number of ether oxygens (including phenoxy) is 1. The van der Waals surface area contributed by atoms with Crippen molar-refractivity contribution in [1.29, 1.82) is 0 Å². The van der Waals surface area contributed by atoms with Crippen LogP contribution in [0.25, 0.3) is 0 Å². The van der Waals surface area contributed by atoms with Gasteiger partial charge in [-0.25, -0.2) is 0 Å². The fraction of sp³-hybridized carbons (Fsp3) is 0.667. The average Bonchev–Trinajstić information content (AvgIpc) is 2.95. The van der Waals surface area contributed by atoms with Crippen molar-refractivity contribution in [2.24, 2.45) is 4.99 Å². The number of anilines is 1. The van der Waals surface area contributed by atoms with Crippen molar-refractivity contribution in [3.8, 4) is 5.75 Å². The molecule has 1 aromatic rings. The molecule has 0 amide bonds. The fourth-order valence-corrected chi connectivity index (χ4v) is 4.03. The van der Waals surface area contributed by atoms with Crippen LogP contribution in [0.3, 0.4) is 0 Å². The van der Waals surface area contributed by atoms with Crippen molar-refractivity contribution < 1.29 is 4.74 Å². The molecular weight excluding hydrogens is 352 g/mol. The first-order valence-electron chi connectivity index (χ1n) is 10.5. The summed E-state index contributed by atoms with van der Waals surface area (Å²) in [5, 5.41) is 3.57. The first kappa shape index (κ1) is 20.7. The van der Waals surface area contributed by atoms with E-state index in [0.717, 1.165) is 57.5 Å². The van der Waals surface area contributed by atoms with Gasteiger partial charge in [-0.3, -0.25) is 4.99 Å². The molecule has 3 rings (SSSR count). The van der Waals surface area contributed by atoms with Crippen molar-refractivity contribution in [2.45, 2.75) is 6.42 Å². The van der Waals surface area contributed by atoms with Crippen LogP contribution in [0.15, 0.2) is 29.3 Å². The zero-order chi connectivity index (χ0) is 19.8. The maximum atomic E-state index is 5.52. The number of guanidine groups is 1. The number of hydrogen-bond donors (Lipinski definition) is 1. The van der Waals surface area contributed by atoms with E-state index in [1.807, 2.05) is 19.2 Å². The molecule has 2 aliphatic rings. The van der Waals surface area contributed by atoms with Crippen molar-refractivity contribution >= 4 is 11.6 Å². The molecule has 2 saturated heterocycles. The van der Waals surface area contributed by atoms with Gasteiger partial charge in [-0.1, -0.05) is 12.1 Å². The summed E-state index contributed by atoms with van der Waals surface area (Å²) in [4.78, 5) is 14.3. The Hall–Kier alpha value is -1.99. The van der Waals surface area contributed by atoms with Gasteiger partial charge in [-0.15, -0.1) is 0 Å². The Morgan fingerprint density at radius 3 is 2.57 bits per heavy atom. The third kappa shape index (κ3) is 5.52. The van der Waals surface area contributed by atoms with E-state index in [2.05, 4.69) is 49.1 Å². The van der Waals surface area contributed by atoms with Gasteiger partial charge in [-0.2, -0.15) is 0 Å². The van der Waals surface area contributed by atoms with Crippen molar-refractivity contribution in [3.63, 3.8) is 0 Å². The van der Waals surface area contributed by atoms with Gasteiger partial charge in [0.15, 0.2) is 5.96 Å². The number of methoxy groups -OCH3 is 1. The lowest BCUT2D eigenvalue weighted by Gasteiger charge is -2.38. The molecular formula is C21H36N6O. The van der Waals surface area contributed by atoms with Gasteiger partial charge in [0.2, 0.25) is 0 Å². The first-order chi connectivity index (χ1) is 13.7. The lowest BCUT2D eigenvalue weighted by molar-refractivity contribution is 0.277. The SMILES string of the molecule is CN=C(NCCN1CCCN(C)CC1)N1CCN(c2ccccc2OC)CC1. The Morgan fingerprint density at radius 1 is 1.04 bits per heavy atom. The van der Waals surface area contributed by atoms with Crippen LogP contribution in [0.4, 0.5) is 5.69 Å². The van der Waals surface area contributed by atoms with Gasteiger partial charge in [-0.05, 0) is 38.7 Å². The number of para-hydroxylation sites is 2. The maximum Gasteiger partial charge on any atom is 0.193 e. The van der Waals surface area contributed by atoms with E-state index in [1.54, 1.807) is 7.11 Å². The van der Waals surface area contributed by atoms with Crippen LogP contribution in [0.1, 0.15) is 6.42 Å². The zero-order valence-corrected chi connectivity index (χ0v) is 17.7. The minimum absolute atomic E-state index is 0.946. The number of hydrogen-bond acceptors (Lipinski definition) is 5. The van der Waals surface area contributed by atoms with Gasteiger partial charge in [0.25, 0.3) is 0 Å². The minimum atomic E-state index is 0.946. The number of nitrogens with zero attached hydrogens (tertiary/aromatic N) is 5. The summed E-state index contributed by atoms with van der Waals surface area (Å²) in [7, 11) is 5.84. The molecule has 0 unspecified atom stereocenters. The molecule has 0 radical (unpaired) electrons. The van der Waals surface area contributed by atoms with Crippen LogP contribution in [-0.4, -0.2) is 107 Å². The van der Waals surface area contributed by atoms with Crippen LogP contribution in [0, 0.1) is 0 Å². The molecule has 0 aliphatic carbocycles. The monoisotopic (exact) mass is 388 g/mol. The average molecular weight is 389 g/mol. The highest BCUT2D eigenvalue weighted by Crippen LogP contribution is 2.28. The third-order valence-electron chi connectivity index (χ3n) is 5.74. The Balaban J connectivity index is 1.45. The lowest BCUT2D eigenvalue weighted by atomic mass is 10.2. The molecule has 2 aliphatic heterocycles. The Kier molecular flexibility index (Phi) is 7.80. The highest BCUT2D eigenvalue weighted by molar-refractivity contribution is 5.80. The predicted molar refractivity (Wildman–Crippen MR) is 117 cm³/mol. The fourth-order valence-electron chi connectivity index (χ4n) is 4.03. The van der Waals surface area contributed by atoms with E-state index in [-0.39, 0.29) is 0 Å². The summed E-state index contributed by atoms with van der Waals surface area (Å²) in [6, 6.07) is 8.26. The summed E-state index contributed by atoms with van der Waals surface area (Å²) in [5.74, 6) is 1.97. The molecule has 7 heteroatoms. The number of likely N-dealkylation sites (N-methyl/N-ethyl adjacent to an activating group) is 1. The molecule has 156 valence electrons. The van der Waals surface area contributed by atoms with Crippen LogP contribution in [0.2, 0.25) is 0 Å². The molecule has 1 aromatic carbocycles. The molecule has 0 spiro atoms. The van der Waals surface area contributed by atoms with Crippen LogP contribution >= 0.6 is 0 Å². The molecule has 1 N–H and O–H groups in total. The van der Waals surface area contributed by atoms with Crippen molar-refractivity contribution in [2.75, 3.05) is 91.6 Å². The van der Waals surface area contributed by atoms with Gasteiger partial charge < -0.3 is 29.7 Å². The number of piperazine rings is 1. The molecule has 2 fully saturated rings. The molecule has 0 bridgehead atoms. The Labute approximate surface area is 169 Å². The second-order valence-corrected chi connectivity index (χ2v) is 7.62. The van der Waals surface area contributed by atoms with E-state index < -0.39 is 0 Å². The number of nitrogens with one attached hydrogen (secondary N) is 1. The summed E-state index contributed by atoms with van der Waals surface area (Å²) in [5.41, 5.74) is 1.18. The van der Waals surface area contributed by atoms with E-state index in [4.69, 9.17) is 4.74 Å². The lowest BCUT2D eigenvalue weighted by Crippen LogP contribution is -2.53. The van der Waals surface area contributed by atoms with E-state index >= 15 is 0 Å². The van der Waals surface area contributed by atoms with E-state index in [0.29, 0.717) is 0 Å². The van der Waals surface area contributed by atoms with Crippen LogP contribution < -0.4 is 15.0 Å². The summed E-state index contributed by atoms with van der Waals surface area (Å²) >= 11 is 0. The smallest absolute Gasteiger partial charge is 0.193 e. The standard InChI is InChI=1S/C21H36N6O/c1-22-21(23-9-12-25-11-6-10-24(2)13-14-25)27-17-15-26(16-18-27)19-7-4-5-8-20(19)28-3/h4-5,7-8H,6,9-18H2,1-3H3,(H,22,23). The summed E-state index contributed by atoms with van der Waals surface area (Å²) < 4.78 is 5.52. The zero-order valence-electron chi connectivity index (χ0n) is 17.7. The first-order valence-corrected chi connectivity index (χ1v) is 10.5. The number of aliphatic imine (C=N–C) groups is 1. The predicted octanol–water partition coefficient (Wildman–Crippen LogP) is 1.03. The third-order valence-corrected chi connectivity index (χ3v) is 5.74. The Morgan fingerprint density at radius 2 is 1.82 bits per heavy atom. The Bertz CT molecular complexity index is 629. The molecule has 0 saturated carbocycles. The normalized spacial score (nSPS) is 20.2. The highest BCUT2D eigenvalue weighted by Gasteiger charge is 2.21. The number of rotatable bonds is 5. The minimum Gasteiger partial charge on any atom is -0.495 e. The quantitative estimate of drug-likeness (QED) is 0.601. The summed E-state index contributed by atoms with van der Waals surface area (Å²) in [6.45, 7) is 10.6. The second-order valence-electron chi connectivity index (χ2n) is 7.62. The van der Waals surface area contributed by atoms with E-state index in [1.165, 1.54) is 31.7 Å². The molecule has 0 aromatic heterocycles. The van der Waals surface area contributed by atoms with Crippen LogP contribution in [-0.2, 0) is 0 Å². The molecule has 7 nitrogen and oxygen atoms in total. The van der Waals surface area contributed by atoms with Crippen molar-refractivity contribution in [3.05, 3.63) is 24.3 Å². The molecule has 28 heavy (non-hydrogen) atoms. The highest BCUT2D eigenvalue weighted by atomic mass is 16.5. The largest absolute Gasteiger partial charge is 0.495 e. The van der Waals surface area contributed by atoms with Gasteiger partial charge in [0.1, 0.15) is 5.75 Å². The molecule has 2 heterocycles. The maximum absolute atomic E-state index is 5.52. The topological polar surface area (TPSA) is 46.6 Å². The van der Waals surface area contributed by atoms with Crippen LogP contribution in [0.5, 0.6) is 5.75 Å². The van der Waals surface area contributed by atoms with Crippen molar-refractivity contribution in [1.82, 2.24) is 20.0 Å². The number of benzene rings is 1. The van der Waals surface area contributed by atoms with Gasteiger partial charge >= 0.3 is 0 Å².